The zero-order valence-electron chi connectivity index (χ0n) is 9.51. The van der Waals surface area contributed by atoms with Crippen LogP contribution < -0.4 is 11.2 Å². The van der Waals surface area contributed by atoms with Crippen molar-refractivity contribution in [3.05, 3.63) is 55.9 Å². The third-order valence-electron chi connectivity index (χ3n) is 2.52. The number of nitrogens with zero attached hydrogens (tertiary/aromatic N) is 2. The normalized spacial score (nSPS) is 13.9. The molecule has 0 aromatic carbocycles. The molecule has 19 heavy (non-hydrogen) atoms. The van der Waals surface area contributed by atoms with Crippen LogP contribution in [-0.2, 0) is 0 Å². The minimum atomic E-state index is -1.43. The summed E-state index contributed by atoms with van der Waals surface area (Å²) in [6.45, 7) is 0. The fourth-order valence-corrected chi connectivity index (χ4v) is 1.74. The maximum Gasteiger partial charge on any atom is 0.353 e. The number of H-pyrrole nitrogens is 2. The van der Waals surface area contributed by atoms with Crippen molar-refractivity contribution in [1.29, 1.82) is 0 Å². The average Bonchev–Trinajstić information content (AvgIpc) is 2.37. The van der Waals surface area contributed by atoms with Crippen molar-refractivity contribution in [2.24, 2.45) is 0 Å². The molecule has 96 valence electrons. The number of hydrogen-bond acceptors (Lipinski definition) is 3. The molecular formula is C11H8N4O4. The fourth-order valence-electron chi connectivity index (χ4n) is 1.74. The summed E-state index contributed by atoms with van der Waals surface area (Å²) in [7, 11) is 0. The molecule has 3 N–H and O–H groups in total. The Morgan fingerprint density at radius 3 is 2.74 bits per heavy atom. The van der Waals surface area contributed by atoms with Gasteiger partial charge in [0.15, 0.2) is 0 Å². The summed E-state index contributed by atoms with van der Waals surface area (Å²) in [6.07, 6.45) is 4.86. The molecule has 1 aliphatic rings. The highest BCUT2D eigenvalue weighted by Crippen LogP contribution is 2.18. The van der Waals surface area contributed by atoms with Gasteiger partial charge in [0.1, 0.15) is 5.69 Å². The van der Waals surface area contributed by atoms with Crippen LogP contribution in [0.3, 0.4) is 0 Å². The SMILES string of the molecule is [N-]=[N+]=C1C=C(c2c(C(=O)O)[nH]c(=O)[nH]c2=O)C=CC1. The van der Waals surface area contributed by atoms with Gasteiger partial charge >= 0.3 is 11.7 Å². The van der Waals surface area contributed by atoms with E-state index in [2.05, 4.69) is 9.77 Å². The number of aromatic nitrogens is 2. The Morgan fingerprint density at radius 1 is 1.37 bits per heavy atom. The maximum atomic E-state index is 11.7. The lowest BCUT2D eigenvalue weighted by Gasteiger charge is -2.06. The van der Waals surface area contributed by atoms with Crippen molar-refractivity contribution in [3.8, 4) is 0 Å². The van der Waals surface area contributed by atoms with Gasteiger partial charge in [-0.2, -0.15) is 4.79 Å². The average molecular weight is 260 g/mol. The van der Waals surface area contributed by atoms with E-state index >= 15 is 0 Å². The summed E-state index contributed by atoms with van der Waals surface area (Å²) in [4.78, 5) is 40.9. The Kier molecular flexibility index (Phi) is 3.09. The van der Waals surface area contributed by atoms with Gasteiger partial charge in [-0.1, -0.05) is 12.2 Å². The van der Waals surface area contributed by atoms with Gasteiger partial charge in [-0.3, -0.25) is 9.78 Å². The van der Waals surface area contributed by atoms with Crippen molar-refractivity contribution in [1.82, 2.24) is 9.97 Å². The van der Waals surface area contributed by atoms with Crippen molar-refractivity contribution < 1.29 is 14.7 Å². The second-order valence-corrected chi connectivity index (χ2v) is 3.76. The third-order valence-corrected chi connectivity index (χ3v) is 2.52. The van der Waals surface area contributed by atoms with Gasteiger partial charge in [-0.05, 0) is 5.57 Å². The second-order valence-electron chi connectivity index (χ2n) is 3.76. The van der Waals surface area contributed by atoms with Gasteiger partial charge in [-0.25, -0.2) is 9.59 Å². The molecule has 8 heteroatoms. The summed E-state index contributed by atoms with van der Waals surface area (Å²) in [5.41, 5.74) is 6.79. The molecule has 1 heterocycles. The summed E-state index contributed by atoms with van der Waals surface area (Å²) in [5, 5.41) is 9.01. The molecule has 0 amide bonds. The molecular weight excluding hydrogens is 252 g/mol. The number of nitrogens with one attached hydrogen (secondary N) is 2. The van der Waals surface area contributed by atoms with Crippen LogP contribution in [0, 0.1) is 0 Å². The largest absolute Gasteiger partial charge is 0.477 e. The molecule has 2 rings (SSSR count). The van der Waals surface area contributed by atoms with Crippen LogP contribution in [0.1, 0.15) is 22.5 Å². The number of allylic oxidation sites excluding steroid dienone is 4. The van der Waals surface area contributed by atoms with E-state index in [1.165, 1.54) is 12.2 Å². The number of carboxylic acid groups (broad SMARTS) is 1. The highest BCUT2D eigenvalue weighted by molar-refractivity contribution is 6.04. The van der Waals surface area contributed by atoms with Gasteiger partial charge in [0.2, 0.25) is 0 Å². The zero-order valence-corrected chi connectivity index (χ0v) is 9.51. The molecule has 0 unspecified atom stereocenters. The van der Waals surface area contributed by atoms with E-state index in [1.807, 2.05) is 4.98 Å². The van der Waals surface area contributed by atoms with E-state index < -0.39 is 22.9 Å². The van der Waals surface area contributed by atoms with E-state index in [0.29, 0.717) is 6.42 Å². The van der Waals surface area contributed by atoms with Gasteiger partial charge in [-0.15, -0.1) is 0 Å². The summed E-state index contributed by atoms with van der Waals surface area (Å²) >= 11 is 0. The first-order valence-corrected chi connectivity index (χ1v) is 5.22. The minimum Gasteiger partial charge on any atom is -0.477 e. The van der Waals surface area contributed by atoms with Gasteiger partial charge < -0.3 is 15.6 Å². The second kappa shape index (κ2) is 4.71. The first-order valence-electron chi connectivity index (χ1n) is 5.22. The molecule has 0 aliphatic heterocycles. The predicted molar refractivity (Wildman–Crippen MR) is 65.0 cm³/mol. The highest BCUT2D eigenvalue weighted by Gasteiger charge is 2.21. The van der Waals surface area contributed by atoms with E-state index in [0.717, 1.165) is 0 Å². The van der Waals surface area contributed by atoms with Crippen LogP contribution in [0.25, 0.3) is 11.1 Å². The van der Waals surface area contributed by atoms with Crippen LogP contribution >= 0.6 is 0 Å². The van der Waals surface area contributed by atoms with E-state index in [-0.39, 0.29) is 16.8 Å². The number of aromatic amines is 2. The summed E-state index contributed by atoms with van der Waals surface area (Å²) < 4.78 is 0. The number of rotatable bonds is 2. The Balaban J connectivity index is 2.76. The quantitative estimate of drug-likeness (QED) is 0.499. The lowest BCUT2D eigenvalue weighted by atomic mass is 9.98. The first kappa shape index (κ1) is 12.5. The standard InChI is InChI=1S/C11H8N4O4/c12-15-6-3-1-2-5(4-6)7-8(10(17)18)13-11(19)14-9(7)16/h1-2,4H,3H2,(H,17,18)(H2,13,14,16,19). The zero-order chi connectivity index (χ0) is 14.0. The summed E-state index contributed by atoms with van der Waals surface area (Å²) in [6, 6.07) is 0. The van der Waals surface area contributed by atoms with E-state index in [1.54, 1.807) is 6.08 Å². The molecule has 0 bridgehead atoms. The molecule has 0 radical (unpaired) electrons. The smallest absolute Gasteiger partial charge is 0.353 e. The molecule has 0 spiro atoms. The van der Waals surface area contributed by atoms with E-state index in [4.69, 9.17) is 10.6 Å². The van der Waals surface area contributed by atoms with Crippen LogP contribution in [0.4, 0.5) is 0 Å². The number of carboxylic acids is 1. The first-order chi connectivity index (χ1) is 9.02. The fraction of sp³-hybridized carbons (Fsp3) is 0.0909. The van der Waals surface area contributed by atoms with Gasteiger partial charge in [0.25, 0.3) is 11.3 Å². The lowest BCUT2D eigenvalue weighted by molar-refractivity contribution is -0.00532. The van der Waals surface area contributed by atoms with Crippen LogP contribution in [0.5, 0.6) is 0 Å². The number of hydrogen-bond donors (Lipinski definition) is 3. The Bertz CT molecular complexity index is 775. The van der Waals surface area contributed by atoms with Crippen LogP contribution in [-0.4, -0.2) is 31.5 Å². The predicted octanol–water partition coefficient (Wildman–Crippen LogP) is -0.225. The molecule has 1 aliphatic carbocycles. The van der Waals surface area contributed by atoms with Crippen molar-refractivity contribution in [3.63, 3.8) is 0 Å². The monoisotopic (exact) mass is 260 g/mol. The molecule has 1 aromatic rings. The van der Waals surface area contributed by atoms with Crippen molar-refractivity contribution in [2.45, 2.75) is 6.42 Å². The van der Waals surface area contributed by atoms with Gasteiger partial charge in [0.05, 0.1) is 12.0 Å². The molecule has 8 nitrogen and oxygen atoms in total. The lowest BCUT2D eigenvalue weighted by Crippen LogP contribution is -2.29. The molecule has 0 atom stereocenters. The highest BCUT2D eigenvalue weighted by atomic mass is 16.4. The summed E-state index contributed by atoms with van der Waals surface area (Å²) in [5.74, 6) is -1.43. The number of carbonyl (C=O) groups is 1. The topological polar surface area (TPSA) is 139 Å². The Morgan fingerprint density at radius 2 is 2.11 bits per heavy atom. The number of aromatic carboxylic acids is 1. The van der Waals surface area contributed by atoms with Crippen LogP contribution in [0.2, 0.25) is 0 Å². The van der Waals surface area contributed by atoms with Crippen molar-refractivity contribution >= 4 is 17.3 Å². The van der Waals surface area contributed by atoms with Gasteiger partial charge in [0, 0.05) is 6.08 Å². The maximum absolute atomic E-state index is 11.7. The Labute approximate surface area is 105 Å². The molecule has 1 aromatic heterocycles. The van der Waals surface area contributed by atoms with Crippen molar-refractivity contribution in [2.75, 3.05) is 0 Å². The molecule has 0 saturated carbocycles. The van der Waals surface area contributed by atoms with Crippen LogP contribution in [0.15, 0.2) is 27.8 Å². The minimum absolute atomic E-state index is 0.191. The molecule has 0 saturated heterocycles. The molecule has 0 fully saturated rings. The Hall–Kier alpha value is -2.99. The van der Waals surface area contributed by atoms with E-state index in [9.17, 15) is 14.4 Å². The third kappa shape index (κ3) is 2.33.